The Labute approximate surface area is 122 Å². The molecule has 2 rings (SSSR count). The molecule has 3 N–H and O–H groups in total. The van der Waals surface area contributed by atoms with Crippen LogP contribution in [0.1, 0.15) is 19.4 Å². The number of hydrogen-bond donors (Lipinski definition) is 2. The molecule has 0 aliphatic carbocycles. The third-order valence-corrected chi connectivity index (χ3v) is 2.73. The summed E-state index contributed by atoms with van der Waals surface area (Å²) < 4.78 is 5.59. The summed E-state index contributed by atoms with van der Waals surface area (Å²) >= 11 is 0. The number of nitrogens with one attached hydrogen (secondary N) is 1. The number of aromatic amines is 1. The van der Waals surface area contributed by atoms with Gasteiger partial charge in [-0.1, -0.05) is 13.8 Å². The van der Waals surface area contributed by atoms with Crippen molar-refractivity contribution in [1.82, 2.24) is 9.97 Å². The van der Waals surface area contributed by atoms with E-state index in [0.717, 1.165) is 0 Å². The highest BCUT2D eigenvalue weighted by Gasteiger charge is 2.09. The van der Waals surface area contributed by atoms with Crippen molar-refractivity contribution in [3.05, 3.63) is 40.2 Å². The molecule has 6 heteroatoms. The highest BCUT2D eigenvalue weighted by molar-refractivity contribution is 5.64. The molecule has 0 atom stereocenters. The fourth-order valence-corrected chi connectivity index (χ4v) is 1.78. The lowest BCUT2D eigenvalue weighted by molar-refractivity contribution is 0.270. The number of anilines is 1. The molecule has 0 amide bonds. The minimum Gasteiger partial charge on any atom is -0.492 e. The molecule has 0 aliphatic heterocycles. The standard InChI is InChI=1S/C15H16N4O2/c1-9(2)8-21-13-4-3-10(5-11(13)7-16)12-6-14(20)19-15(17)18-12/h3-6,9H,8H2,1-2H3,(H3,17,18,19,20). The Morgan fingerprint density at radius 3 is 2.81 bits per heavy atom. The quantitative estimate of drug-likeness (QED) is 0.892. The summed E-state index contributed by atoms with van der Waals surface area (Å²) in [7, 11) is 0. The first-order chi connectivity index (χ1) is 9.99. The van der Waals surface area contributed by atoms with Crippen molar-refractivity contribution < 1.29 is 4.74 Å². The van der Waals surface area contributed by atoms with Crippen molar-refractivity contribution >= 4 is 5.95 Å². The van der Waals surface area contributed by atoms with Gasteiger partial charge in [-0.15, -0.1) is 0 Å². The monoisotopic (exact) mass is 284 g/mol. The molecule has 6 nitrogen and oxygen atoms in total. The zero-order valence-electron chi connectivity index (χ0n) is 11.9. The molecule has 0 aliphatic rings. The van der Waals surface area contributed by atoms with Crippen LogP contribution in [-0.4, -0.2) is 16.6 Å². The molecule has 0 bridgehead atoms. The largest absolute Gasteiger partial charge is 0.492 e. The summed E-state index contributed by atoms with van der Waals surface area (Å²) in [6, 6.07) is 8.51. The van der Waals surface area contributed by atoms with E-state index in [9.17, 15) is 10.1 Å². The molecule has 0 saturated carbocycles. The van der Waals surface area contributed by atoms with Gasteiger partial charge in [0.25, 0.3) is 5.56 Å². The zero-order valence-corrected chi connectivity index (χ0v) is 11.9. The van der Waals surface area contributed by atoms with Crippen LogP contribution in [-0.2, 0) is 0 Å². The van der Waals surface area contributed by atoms with Crippen LogP contribution in [0, 0.1) is 17.2 Å². The maximum Gasteiger partial charge on any atom is 0.252 e. The van der Waals surface area contributed by atoms with Crippen LogP contribution >= 0.6 is 0 Å². The predicted molar refractivity (Wildman–Crippen MR) is 79.8 cm³/mol. The van der Waals surface area contributed by atoms with Gasteiger partial charge in [0, 0.05) is 11.6 Å². The average molecular weight is 284 g/mol. The Bertz CT molecular complexity index is 744. The summed E-state index contributed by atoms with van der Waals surface area (Å²) in [5, 5.41) is 9.22. The zero-order chi connectivity index (χ0) is 15.4. The van der Waals surface area contributed by atoms with Crippen molar-refractivity contribution in [2.45, 2.75) is 13.8 Å². The maximum atomic E-state index is 11.4. The fraction of sp³-hybridized carbons (Fsp3) is 0.267. The molecule has 0 radical (unpaired) electrons. The Balaban J connectivity index is 2.39. The molecular weight excluding hydrogens is 268 g/mol. The molecule has 0 spiro atoms. The van der Waals surface area contributed by atoms with E-state index in [-0.39, 0.29) is 11.5 Å². The van der Waals surface area contributed by atoms with Gasteiger partial charge in [-0.05, 0) is 24.1 Å². The minimum atomic E-state index is -0.337. The number of nitriles is 1. The van der Waals surface area contributed by atoms with Crippen LogP contribution in [0.25, 0.3) is 11.3 Å². The van der Waals surface area contributed by atoms with E-state index in [2.05, 4.69) is 16.0 Å². The third-order valence-electron chi connectivity index (χ3n) is 2.73. The van der Waals surface area contributed by atoms with E-state index < -0.39 is 0 Å². The van der Waals surface area contributed by atoms with Crippen molar-refractivity contribution in [3.63, 3.8) is 0 Å². The van der Waals surface area contributed by atoms with E-state index >= 15 is 0 Å². The van der Waals surface area contributed by atoms with E-state index in [1.165, 1.54) is 6.07 Å². The highest BCUT2D eigenvalue weighted by Crippen LogP contribution is 2.25. The molecule has 0 unspecified atom stereocenters. The predicted octanol–water partition coefficient (Wildman–Crippen LogP) is 1.93. The molecule has 21 heavy (non-hydrogen) atoms. The van der Waals surface area contributed by atoms with E-state index in [1.54, 1.807) is 18.2 Å². The first kappa shape index (κ1) is 14.6. The van der Waals surface area contributed by atoms with Gasteiger partial charge in [0.15, 0.2) is 0 Å². The molecule has 2 aromatic rings. The lowest BCUT2D eigenvalue weighted by atomic mass is 10.1. The van der Waals surface area contributed by atoms with Crippen LogP contribution in [0.3, 0.4) is 0 Å². The summed E-state index contributed by atoms with van der Waals surface area (Å²) in [4.78, 5) is 17.8. The number of nitrogens with two attached hydrogens (primary N) is 1. The normalized spacial score (nSPS) is 10.4. The van der Waals surface area contributed by atoms with Crippen molar-refractivity contribution in [2.24, 2.45) is 5.92 Å². The van der Waals surface area contributed by atoms with E-state index in [1.807, 2.05) is 13.8 Å². The minimum absolute atomic E-state index is 0.0381. The van der Waals surface area contributed by atoms with Crippen molar-refractivity contribution in [3.8, 4) is 23.1 Å². The first-order valence-corrected chi connectivity index (χ1v) is 6.53. The molecule has 1 aromatic heterocycles. The topological polar surface area (TPSA) is 105 Å². The van der Waals surface area contributed by atoms with Gasteiger partial charge in [0.2, 0.25) is 5.95 Å². The average Bonchev–Trinajstić information content (AvgIpc) is 2.43. The second-order valence-corrected chi connectivity index (χ2v) is 5.04. The van der Waals surface area contributed by atoms with Crippen LogP contribution < -0.4 is 16.0 Å². The molecule has 1 heterocycles. The van der Waals surface area contributed by atoms with Crippen LogP contribution in [0.5, 0.6) is 5.75 Å². The first-order valence-electron chi connectivity index (χ1n) is 6.53. The van der Waals surface area contributed by atoms with Crippen LogP contribution in [0.2, 0.25) is 0 Å². The maximum absolute atomic E-state index is 11.4. The number of H-pyrrole nitrogens is 1. The Hall–Kier alpha value is -2.81. The molecule has 0 fully saturated rings. The smallest absolute Gasteiger partial charge is 0.252 e. The summed E-state index contributed by atoms with van der Waals surface area (Å²) in [6.07, 6.45) is 0. The number of ether oxygens (including phenoxy) is 1. The van der Waals surface area contributed by atoms with Gasteiger partial charge in [0.1, 0.15) is 11.8 Å². The second-order valence-electron chi connectivity index (χ2n) is 5.04. The van der Waals surface area contributed by atoms with Crippen LogP contribution in [0.4, 0.5) is 5.95 Å². The van der Waals surface area contributed by atoms with E-state index in [4.69, 9.17) is 10.5 Å². The van der Waals surface area contributed by atoms with Gasteiger partial charge in [-0.25, -0.2) is 4.98 Å². The number of rotatable bonds is 4. The molecule has 108 valence electrons. The van der Waals surface area contributed by atoms with Crippen LogP contribution in [0.15, 0.2) is 29.1 Å². The number of aromatic nitrogens is 2. The summed E-state index contributed by atoms with van der Waals surface area (Å²) in [5.41, 5.74) is 6.64. The van der Waals surface area contributed by atoms with Gasteiger partial charge in [0.05, 0.1) is 17.9 Å². The van der Waals surface area contributed by atoms with E-state index in [0.29, 0.717) is 35.1 Å². The summed E-state index contributed by atoms with van der Waals surface area (Å²) in [6.45, 7) is 4.59. The number of nitrogens with zero attached hydrogens (tertiary/aromatic N) is 2. The number of hydrogen-bond acceptors (Lipinski definition) is 5. The van der Waals surface area contributed by atoms with Gasteiger partial charge in [-0.2, -0.15) is 5.26 Å². The third kappa shape index (κ3) is 3.60. The molecule has 1 aromatic carbocycles. The lowest BCUT2D eigenvalue weighted by Gasteiger charge is -2.11. The Morgan fingerprint density at radius 2 is 2.19 bits per heavy atom. The molecule has 0 saturated heterocycles. The Morgan fingerprint density at radius 1 is 1.43 bits per heavy atom. The fourth-order valence-electron chi connectivity index (χ4n) is 1.78. The number of benzene rings is 1. The van der Waals surface area contributed by atoms with Crippen molar-refractivity contribution in [1.29, 1.82) is 5.26 Å². The van der Waals surface area contributed by atoms with Crippen molar-refractivity contribution in [2.75, 3.05) is 12.3 Å². The summed E-state index contributed by atoms with van der Waals surface area (Å²) in [5.74, 6) is 0.925. The highest BCUT2D eigenvalue weighted by atomic mass is 16.5. The Kier molecular flexibility index (Phi) is 4.24. The van der Waals surface area contributed by atoms with Gasteiger partial charge in [-0.3, -0.25) is 9.78 Å². The lowest BCUT2D eigenvalue weighted by Crippen LogP contribution is -2.10. The van der Waals surface area contributed by atoms with Gasteiger partial charge < -0.3 is 10.5 Å². The molecular formula is C15H16N4O2. The number of nitrogen functional groups attached to an aromatic ring is 1. The second kappa shape index (κ2) is 6.09. The SMILES string of the molecule is CC(C)COc1ccc(-c2cc(=O)[nH]c(N)n2)cc1C#N. The van der Waals surface area contributed by atoms with Gasteiger partial charge >= 0.3 is 0 Å².